The molecule has 1 aromatic rings. The first-order valence-corrected chi connectivity index (χ1v) is 8.89. The van der Waals surface area contributed by atoms with Gasteiger partial charge in [0, 0.05) is 6.54 Å². The fourth-order valence-corrected chi connectivity index (χ4v) is 2.87. The summed E-state index contributed by atoms with van der Waals surface area (Å²) in [7, 11) is 0. The topological polar surface area (TPSA) is 54.9 Å². The number of hydrogen-bond acceptors (Lipinski definition) is 3. The summed E-state index contributed by atoms with van der Waals surface area (Å²) >= 11 is 7.78. The molecule has 114 valence electrons. The molecule has 0 radical (unpaired) electrons. The van der Waals surface area contributed by atoms with E-state index < -0.39 is 5.69 Å². The molecule has 1 aromatic heterocycles. The average molecular weight is 319 g/mol. The minimum Gasteiger partial charge on any atom is -0.297 e. The van der Waals surface area contributed by atoms with E-state index in [2.05, 4.69) is 11.2 Å². The number of nitrogens with zero attached hydrogens (tertiary/aromatic N) is 1. The third kappa shape index (κ3) is 5.02. The number of halogens is 1. The van der Waals surface area contributed by atoms with Gasteiger partial charge in [0.05, 0.1) is 5.56 Å². The van der Waals surface area contributed by atoms with E-state index in [0.717, 1.165) is 25.7 Å². The van der Waals surface area contributed by atoms with Crippen LogP contribution in [0, 0.1) is 0 Å². The van der Waals surface area contributed by atoms with Crippen molar-refractivity contribution in [2.75, 3.05) is 12.0 Å². The lowest BCUT2D eigenvalue weighted by Crippen LogP contribution is -2.37. The zero-order valence-electron chi connectivity index (χ0n) is 12.2. The van der Waals surface area contributed by atoms with Gasteiger partial charge >= 0.3 is 5.69 Å². The summed E-state index contributed by atoms with van der Waals surface area (Å²) in [5.41, 5.74) is -0.107. The molecule has 1 heterocycles. The molecule has 20 heavy (non-hydrogen) atoms. The first-order chi connectivity index (χ1) is 9.61. The largest absolute Gasteiger partial charge is 0.329 e. The Morgan fingerprint density at radius 1 is 1.20 bits per heavy atom. The van der Waals surface area contributed by atoms with Gasteiger partial charge in [0.2, 0.25) is 0 Å². The van der Waals surface area contributed by atoms with Crippen LogP contribution in [0.4, 0.5) is 0 Å². The molecule has 6 heteroatoms. The van der Waals surface area contributed by atoms with Gasteiger partial charge in [-0.25, -0.2) is 4.79 Å². The van der Waals surface area contributed by atoms with Crippen LogP contribution in [0.25, 0.3) is 0 Å². The van der Waals surface area contributed by atoms with Crippen molar-refractivity contribution >= 4 is 23.4 Å². The normalized spacial score (nSPS) is 10.9. The second-order valence-corrected chi connectivity index (χ2v) is 6.20. The molecule has 0 bridgehead atoms. The monoisotopic (exact) mass is 318 g/mol. The van der Waals surface area contributed by atoms with E-state index in [1.807, 2.05) is 18.7 Å². The van der Waals surface area contributed by atoms with E-state index in [1.165, 1.54) is 16.7 Å². The predicted molar refractivity (Wildman–Crippen MR) is 87.2 cm³/mol. The van der Waals surface area contributed by atoms with Crippen molar-refractivity contribution < 1.29 is 0 Å². The van der Waals surface area contributed by atoms with E-state index in [4.69, 9.17) is 11.6 Å². The average Bonchev–Trinajstić information content (AvgIpc) is 2.41. The highest BCUT2D eigenvalue weighted by molar-refractivity contribution is 7.98. The number of rotatable bonds is 9. The fourth-order valence-electron chi connectivity index (χ4n) is 2.13. The second-order valence-electron chi connectivity index (χ2n) is 4.84. The zero-order valence-corrected chi connectivity index (χ0v) is 13.8. The van der Waals surface area contributed by atoms with E-state index in [1.54, 1.807) is 0 Å². The van der Waals surface area contributed by atoms with Crippen molar-refractivity contribution in [2.45, 2.75) is 52.0 Å². The minimum absolute atomic E-state index is 0.193. The standard InChI is InChI=1S/C14H23ClN2O2S/c1-3-8-11-12(15)16-14(19)17(13(11)18)9-6-4-5-7-10-20-2/h3-10H2,1-2H3,(H,16,19). The maximum absolute atomic E-state index is 12.2. The molecule has 0 aliphatic rings. The lowest BCUT2D eigenvalue weighted by atomic mass is 10.2. The number of unbranched alkanes of at least 4 members (excludes halogenated alkanes) is 3. The van der Waals surface area contributed by atoms with Crippen LogP contribution in [0.3, 0.4) is 0 Å². The van der Waals surface area contributed by atoms with Crippen molar-refractivity contribution in [3.63, 3.8) is 0 Å². The van der Waals surface area contributed by atoms with Crippen LogP contribution in [-0.2, 0) is 13.0 Å². The van der Waals surface area contributed by atoms with Gasteiger partial charge in [-0.3, -0.25) is 14.3 Å². The molecule has 0 fully saturated rings. The highest BCUT2D eigenvalue weighted by Crippen LogP contribution is 2.09. The first-order valence-electron chi connectivity index (χ1n) is 7.12. The zero-order chi connectivity index (χ0) is 15.0. The van der Waals surface area contributed by atoms with E-state index >= 15 is 0 Å². The Morgan fingerprint density at radius 2 is 1.90 bits per heavy atom. The van der Waals surface area contributed by atoms with Crippen LogP contribution < -0.4 is 11.2 Å². The summed E-state index contributed by atoms with van der Waals surface area (Å²) in [5.74, 6) is 1.17. The quantitative estimate of drug-likeness (QED) is 0.562. The molecule has 0 atom stereocenters. The Balaban J connectivity index is 2.68. The molecule has 0 aliphatic heterocycles. The molecule has 1 rings (SSSR count). The van der Waals surface area contributed by atoms with Crippen molar-refractivity contribution in [2.24, 2.45) is 0 Å². The van der Waals surface area contributed by atoms with Crippen molar-refractivity contribution in [3.05, 3.63) is 31.6 Å². The van der Waals surface area contributed by atoms with Crippen LogP contribution in [0.15, 0.2) is 9.59 Å². The molecular weight excluding hydrogens is 296 g/mol. The first kappa shape index (κ1) is 17.4. The van der Waals surface area contributed by atoms with Gasteiger partial charge in [-0.1, -0.05) is 37.8 Å². The maximum atomic E-state index is 12.2. The van der Waals surface area contributed by atoms with Gasteiger partial charge in [0.25, 0.3) is 5.56 Å². The number of thioether (sulfide) groups is 1. The number of nitrogens with one attached hydrogen (secondary N) is 1. The smallest absolute Gasteiger partial charge is 0.297 e. The van der Waals surface area contributed by atoms with Gasteiger partial charge in [-0.15, -0.1) is 0 Å². The summed E-state index contributed by atoms with van der Waals surface area (Å²) in [6.07, 6.45) is 7.75. The Morgan fingerprint density at radius 3 is 2.55 bits per heavy atom. The second kappa shape index (κ2) is 9.29. The SMILES string of the molecule is CCCc1c(Cl)[nH]c(=O)n(CCCCCCSC)c1=O. The van der Waals surface area contributed by atoms with Crippen LogP contribution in [0.1, 0.15) is 44.6 Å². The van der Waals surface area contributed by atoms with E-state index in [0.29, 0.717) is 18.5 Å². The third-order valence-corrected chi connectivity index (χ3v) is 4.23. The molecule has 0 unspecified atom stereocenters. The number of hydrogen-bond donors (Lipinski definition) is 1. The number of H-pyrrole nitrogens is 1. The number of aromatic amines is 1. The van der Waals surface area contributed by atoms with Crippen LogP contribution in [0.5, 0.6) is 0 Å². The van der Waals surface area contributed by atoms with E-state index in [-0.39, 0.29) is 10.7 Å². The molecular formula is C14H23ClN2O2S. The molecule has 0 amide bonds. The highest BCUT2D eigenvalue weighted by Gasteiger charge is 2.11. The summed E-state index contributed by atoms with van der Waals surface area (Å²) in [6, 6.07) is 0. The molecule has 4 nitrogen and oxygen atoms in total. The summed E-state index contributed by atoms with van der Waals surface area (Å²) in [4.78, 5) is 26.6. The molecule has 1 N–H and O–H groups in total. The lowest BCUT2D eigenvalue weighted by molar-refractivity contribution is 0.546. The van der Waals surface area contributed by atoms with Crippen LogP contribution >= 0.6 is 23.4 Å². The van der Waals surface area contributed by atoms with Gasteiger partial charge in [-0.05, 0) is 31.3 Å². The van der Waals surface area contributed by atoms with Crippen molar-refractivity contribution in [1.29, 1.82) is 0 Å². The molecule has 0 spiro atoms. The summed E-state index contributed by atoms with van der Waals surface area (Å²) in [6.45, 7) is 2.46. The molecule has 0 aliphatic carbocycles. The Kier molecular flexibility index (Phi) is 8.07. The number of aromatic nitrogens is 2. The Labute approximate surface area is 128 Å². The van der Waals surface area contributed by atoms with Gasteiger partial charge in [0.1, 0.15) is 5.15 Å². The van der Waals surface area contributed by atoms with Crippen molar-refractivity contribution in [3.8, 4) is 0 Å². The minimum atomic E-state index is -0.399. The summed E-state index contributed by atoms with van der Waals surface area (Å²) in [5, 5.41) is 0.193. The third-order valence-electron chi connectivity index (χ3n) is 3.21. The molecule has 0 aromatic carbocycles. The Hall–Kier alpha value is -0.680. The van der Waals surface area contributed by atoms with Crippen molar-refractivity contribution in [1.82, 2.24) is 9.55 Å². The maximum Gasteiger partial charge on any atom is 0.329 e. The molecule has 0 saturated carbocycles. The van der Waals surface area contributed by atoms with Gasteiger partial charge in [-0.2, -0.15) is 11.8 Å². The Bertz CT molecular complexity index is 525. The van der Waals surface area contributed by atoms with Crippen LogP contribution in [-0.4, -0.2) is 21.6 Å². The highest BCUT2D eigenvalue weighted by atomic mass is 35.5. The predicted octanol–water partition coefficient (Wildman–Crippen LogP) is 3.07. The lowest BCUT2D eigenvalue weighted by Gasteiger charge is -2.08. The molecule has 0 saturated heterocycles. The van der Waals surface area contributed by atoms with Gasteiger partial charge < -0.3 is 0 Å². The summed E-state index contributed by atoms with van der Waals surface area (Å²) < 4.78 is 1.28. The van der Waals surface area contributed by atoms with Crippen LogP contribution in [0.2, 0.25) is 5.15 Å². The van der Waals surface area contributed by atoms with E-state index in [9.17, 15) is 9.59 Å². The van der Waals surface area contributed by atoms with Gasteiger partial charge in [0.15, 0.2) is 0 Å². The fraction of sp³-hybridized carbons (Fsp3) is 0.714.